The minimum absolute atomic E-state index is 0.111. The molecule has 7 rings (SSSR count). The van der Waals surface area contributed by atoms with Gasteiger partial charge in [-0.25, -0.2) is 24.9 Å². The van der Waals surface area contributed by atoms with Gasteiger partial charge in [-0.2, -0.15) is 0 Å². The molecule has 220 valence electrons. The number of hydrogen-bond acceptors (Lipinski definition) is 7. The molecule has 3 aliphatic carbocycles. The molecule has 0 bridgehead atoms. The molecule has 0 atom stereocenters. The van der Waals surface area contributed by atoms with E-state index >= 15 is 0 Å². The van der Waals surface area contributed by atoms with Crippen molar-refractivity contribution in [2.24, 2.45) is 9.98 Å². The average Bonchev–Trinajstić information content (AvgIpc) is 3.86. The summed E-state index contributed by atoms with van der Waals surface area (Å²) in [5, 5.41) is 11.0. The van der Waals surface area contributed by atoms with Crippen molar-refractivity contribution < 1.29 is 9.59 Å². The van der Waals surface area contributed by atoms with Crippen LogP contribution in [0.5, 0.6) is 0 Å². The van der Waals surface area contributed by atoms with Crippen molar-refractivity contribution in [3.63, 3.8) is 0 Å². The highest BCUT2D eigenvalue weighted by Crippen LogP contribution is 2.61. The number of Topliss-reactive ketones (excluding diaryl/α,β-unsaturated/α-hetero) is 2. The number of carbonyl (C=O) groups is 2. The van der Waals surface area contributed by atoms with Crippen LogP contribution >= 0.6 is 22.7 Å². The fourth-order valence-corrected chi connectivity index (χ4v) is 9.27. The van der Waals surface area contributed by atoms with Gasteiger partial charge in [0.1, 0.15) is 21.4 Å². The lowest BCUT2D eigenvalue weighted by Crippen LogP contribution is -2.22. The average molecular weight is 634 g/mol. The Kier molecular flexibility index (Phi) is 6.87. The molecule has 9 heteroatoms. The van der Waals surface area contributed by atoms with E-state index in [1.807, 2.05) is 30.3 Å². The zero-order valence-corrected chi connectivity index (χ0v) is 26.7. The maximum Gasteiger partial charge on any atom is 0.271 e. The Labute approximate surface area is 273 Å². The molecule has 2 heterocycles. The zero-order valence-electron chi connectivity index (χ0n) is 25.1. The van der Waals surface area contributed by atoms with Crippen molar-refractivity contribution in [3.8, 4) is 15.8 Å². The normalized spacial score (nSPS) is 19.3. The summed E-state index contributed by atoms with van der Waals surface area (Å²) in [4.78, 5) is 45.9. The Balaban J connectivity index is 1.37. The molecule has 0 spiro atoms. The Morgan fingerprint density at radius 1 is 0.783 bits per heavy atom. The number of aliphatic imine (C=N–C) groups is 2. The Bertz CT molecular complexity index is 2300. The van der Waals surface area contributed by atoms with Crippen molar-refractivity contribution in [1.82, 2.24) is 0 Å². The summed E-state index contributed by atoms with van der Waals surface area (Å²) in [6.07, 6.45) is 1.64. The maximum atomic E-state index is 13.5. The molecule has 3 aliphatic rings. The Hall–Kier alpha value is -5.53. The summed E-state index contributed by atoms with van der Waals surface area (Å²) < 4.78 is 0. The first kappa shape index (κ1) is 29.2. The largest absolute Gasteiger partial charge is 0.287 e. The molecule has 0 saturated carbocycles. The van der Waals surface area contributed by atoms with Crippen LogP contribution in [0.4, 0.5) is 10.0 Å². The molecular weight excluding hydrogens is 611 g/mol. The van der Waals surface area contributed by atoms with Crippen LogP contribution in [0.25, 0.3) is 30.6 Å². The van der Waals surface area contributed by atoms with E-state index in [1.54, 1.807) is 37.3 Å². The lowest BCUT2D eigenvalue weighted by atomic mass is 9.75. The molecule has 46 heavy (non-hydrogen) atoms. The van der Waals surface area contributed by atoms with Gasteiger partial charge in [0.05, 0.1) is 29.0 Å². The minimum atomic E-state index is -0.308. The van der Waals surface area contributed by atoms with Crippen LogP contribution in [0.3, 0.4) is 0 Å². The lowest BCUT2D eigenvalue weighted by Gasteiger charge is -2.27. The lowest BCUT2D eigenvalue weighted by molar-refractivity contribution is 0.106. The minimum Gasteiger partial charge on any atom is -0.287 e. The predicted molar refractivity (Wildman–Crippen MR) is 183 cm³/mol. The van der Waals surface area contributed by atoms with Gasteiger partial charge in [0.25, 0.3) is 5.70 Å². The van der Waals surface area contributed by atoms with E-state index in [2.05, 4.69) is 29.6 Å². The molecule has 0 amide bonds. The zero-order chi connectivity index (χ0) is 32.3. The summed E-state index contributed by atoms with van der Waals surface area (Å²) in [6.45, 7) is 21.2. The Morgan fingerprint density at radius 2 is 1.24 bits per heavy atom. The van der Waals surface area contributed by atoms with Crippen LogP contribution in [0, 0.1) is 24.5 Å². The van der Waals surface area contributed by atoms with E-state index in [1.165, 1.54) is 22.7 Å². The van der Waals surface area contributed by atoms with Crippen molar-refractivity contribution >= 4 is 66.8 Å². The molecule has 0 radical (unpaired) electrons. The van der Waals surface area contributed by atoms with Crippen LogP contribution in [0.15, 0.2) is 82.0 Å². The van der Waals surface area contributed by atoms with Crippen molar-refractivity contribution in [2.75, 3.05) is 0 Å². The van der Waals surface area contributed by atoms with Gasteiger partial charge < -0.3 is 0 Å². The first-order valence-corrected chi connectivity index (χ1v) is 16.3. The van der Waals surface area contributed by atoms with Gasteiger partial charge in [-0.3, -0.25) is 9.59 Å². The van der Waals surface area contributed by atoms with E-state index in [0.29, 0.717) is 43.7 Å². The molecule has 0 unspecified atom stereocenters. The fourth-order valence-electron chi connectivity index (χ4n) is 6.84. The molecule has 2 aromatic carbocycles. The highest BCUT2D eigenvalue weighted by atomic mass is 32.1. The third-order valence-electron chi connectivity index (χ3n) is 9.10. The van der Waals surface area contributed by atoms with Gasteiger partial charge in [-0.1, -0.05) is 62.4 Å². The number of fused-ring (bicyclic) bond motifs is 5. The van der Waals surface area contributed by atoms with Gasteiger partial charge in [-0.15, -0.1) is 22.7 Å². The SMILES string of the molecule is [C-]#[N+]C(C)=C1C(=Nc2cc3c(s2)-c2sc(N=C4C(=O)c5ccccc5/C4=C(/C#N)[N+]#[C-])cc2C3(CC)CC)C(=O)c2ccccc21. The summed E-state index contributed by atoms with van der Waals surface area (Å²) in [5.41, 5.74) is 5.78. The predicted octanol–water partition coefficient (Wildman–Crippen LogP) is 9.64. The molecule has 0 saturated heterocycles. The number of thiophene rings is 2. The second-order valence-electron chi connectivity index (χ2n) is 11.1. The maximum absolute atomic E-state index is 13.5. The van der Waals surface area contributed by atoms with Gasteiger partial charge >= 0.3 is 0 Å². The van der Waals surface area contributed by atoms with Crippen LogP contribution in [-0.2, 0) is 5.41 Å². The van der Waals surface area contributed by atoms with E-state index in [9.17, 15) is 14.9 Å². The van der Waals surface area contributed by atoms with E-state index < -0.39 is 0 Å². The number of hydrogen-bond donors (Lipinski definition) is 0. The third-order valence-corrected chi connectivity index (χ3v) is 11.3. The first-order valence-electron chi connectivity index (χ1n) is 14.7. The number of ketones is 2. The van der Waals surface area contributed by atoms with Gasteiger partial charge in [-0.05, 0) is 54.2 Å². The topological polar surface area (TPSA) is 91.4 Å². The molecule has 0 aliphatic heterocycles. The highest BCUT2D eigenvalue weighted by molar-refractivity contribution is 7.26. The number of allylic oxidation sites excluding steroid dienone is 4. The van der Waals surface area contributed by atoms with Crippen molar-refractivity contribution in [1.29, 1.82) is 5.26 Å². The third kappa shape index (κ3) is 3.98. The smallest absolute Gasteiger partial charge is 0.271 e. The highest BCUT2D eigenvalue weighted by Gasteiger charge is 2.44. The number of benzene rings is 2. The van der Waals surface area contributed by atoms with E-state index in [0.717, 1.165) is 39.3 Å². The molecule has 0 fully saturated rings. The molecule has 0 N–H and O–H groups in total. The molecule has 4 aromatic rings. The van der Waals surface area contributed by atoms with Gasteiger partial charge in [0.2, 0.25) is 11.6 Å². The molecule has 7 nitrogen and oxygen atoms in total. The van der Waals surface area contributed by atoms with Gasteiger partial charge in [0.15, 0.2) is 5.70 Å². The van der Waals surface area contributed by atoms with Gasteiger partial charge in [0, 0.05) is 27.7 Å². The second-order valence-corrected chi connectivity index (χ2v) is 13.2. The van der Waals surface area contributed by atoms with Crippen LogP contribution in [0.1, 0.15) is 76.6 Å². The number of rotatable bonds is 4. The van der Waals surface area contributed by atoms with Crippen LogP contribution < -0.4 is 0 Å². The second kappa shape index (κ2) is 10.8. The number of carbonyl (C=O) groups excluding carboxylic acids is 2. The first-order chi connectivity index (χ1) is 22.3. The van der Waals surface area contributed by atoms with Crippen LogP contribution in [-0.4, -0.2) is 23.0 Å². The summed E-state index contributed by atoms with van der Waals surface area (Å²) >= 11 is 2.98. The summed E-state index contributed by atoms with van der Waals surface area (Å²) in [5.74, 6) is -0.486. The summed E-state index contributed by atoms with van der Waals surface area (Å²) in [6, 6.07) is 20.4. The Morgan fingerprint density at radius 3 is 1.67 bits per heavy atom. The van der Waals surface area contributed by atoms with Crippen LogP contribution in [0.2, 0.25) is 0 Å². The fraction of sp³-hybridized carbons (Fsp3) is 0.162. The monoisotopic (exact) mass is 633 g/mol. The molecular formula is C37H23N5O2S2. The quantitative estimate of drug-likeness (QED) is 0.165. The van der Waals surface area contributed by atoms with E-state index in [4.69, 9.17) is 23.1 Å². The van der Waals surface area contributed by atoms with Crippen molar-refractivity contribution in [2.45, 2.75) is 39.0 Å². The standard InChI is InChI=1S/C37H23N5O2S2/c1-6-37(7-2)24-16-27(41-31-29(19(3)39-4)20-12-8-10-14-22(20)33(31)43)45-35(24)36-25(37)17-28(46-36)42-32-30(26(18-38)40-5)21-13-9-11-15-23(21)34(32)44/h8-17H,6-7H2,1-3H3/b29-19?,30-26+,41-31?,42-32?. The number of nitriles is 1. The molecule has 2 aromatic heterocycles. The van der Waals surface area contributed by atoms with E-state index in [-0.39, 0.29) is 34.0 Å². The van der Waals surface area contributed by atoms with Crippen molar-refractivity contribution in [3.05, 3.63) is 128 Å². The number of nitrogens with zero attached hydrogens (tertiary/aromatic N) is 5. The summed E-state index contributed by atoms with van der Waals surface area (Å²) in [7, 11) is 0.